The van der Waals surface area contributed by atoms with Crippen LogP contribution in [0, 0.1) is 5.92 Å². The first-order chi connectivity index (χ1) is 11.1. The van der Waals surface area contributed by atoms with Crippen LogP contribution in [-0.4, -0.2) is 34.6 Å². The molecule has 0 radical (unpaired) electrons. The standard InChI is InChI=1S/C20H27NO2/c1-2-16(17-8-4-3-5-9-17)14-19(22)21-13-12-20(23)11-7-6-10-18(20)15-21/h2-5,8-9,16,18,23H,1,6-7,10-15H2. The quantitative estimate of drug-likeness (QED) is 0.864. The number of aliphatic hydroxyl groups is 1. The number of benzene rings is 1. The van der Waals surface area contributed by atoms with E-state index in [1.165, 1.54) is 6.42 Å². The molecular weight excluding hydrogens is 286 g/mol. The van der Waals surface area contributed by atoms with Crippen molar-refractivity contribution >= 4 is 5.91 Å². The highest BCUT2D eigenvalue weighted by molar-refractivity contribution is 5.77. The highest BCUT2D eigenvalue weighted by Crippen LogP contribution is 2.40. The third-order valence-corrected chi connectivity index (χ3v) is 5.69. The Labute approximate surface area is 139 Å². The molecule has 1 aliphatic heterocycles. The average Bonchev–Trinajstić information content (AvgIpc) is 2.59. The molecule has 1 saturated carbocycles. The van der Waals surface area contributed by atoms with Gasteiger partial charge < -0.3 is 10.0 Å². The molecule has 1 heterocycles. The zero-order valence-electron chi connectivity index (χ0n) is 13.8. The summed E-state index contributed by atoms with van der Waals surface area (Å²) in [5.74, 6) is 0.509. The van der Waals surface area contributed by atoms with Crippen molar-refractivity contribution in [2.75, 3.05) is 13.1 Å². The van der Waals surface area contributed by atoms with Crippen molar-refractivity contribution in [2.24, 2.45) is 5.92 Å². The van der Waals surface area contributed by atoms with E-state index in [0.717, 1.165) is 31.2 Å². The number of hydrogen-bond acceptors (Lipinski definition) is 2. The molecule has 1 saturated heterocycles. The number of rotatable bonds is 4. The summed E-state index contributed by atoms with van der Waals surface area (Å²) in [6.45, 7) is 5.30. The van der Waals surface area contributed by atoms with E-state index in [2.05, 4.69) is 18.7 Å². The van der Waals surface area contributed by atoms with Crippen molar-refractivity contribution < 1.29 is 9.90 Å². The van der Waals surface area contributed by atoms with Gasteiger partial charge in [-0.1, -0.05) is 49.2 Å². The van der Waals surface area contributed by atoms with Crippen LogP contribution in [0.3, 0.4) is 0 Å². The van der Waals surface area contributed by atoms with Gasteiger partial charge in [0.2, 0.25) is 5.91 Å². The van der Waals surface area contributed by atoms with Gasteiger partial charge in [0, 0.05) is 31.3 Å². The number of nitrogens with zero attached hydrogens (tertiary/aromatic N) is 1. The average molecular weight is 313 g/mol. The van der Waals surface area contributed by atoms with E-state index in [-0.39, 0.29) is 17.7 Å². The molecule has 3 unspecified atom stereocenters. The first-order valence-electron chi connectivity index (χ1n) is 8.80. The van der Waals surface area contributed by atoms with E-state index < -0.39 is 5.60 Å². The minimum absolute atomic E-state index is 0.0656. The maximum Gasteiger partial charge on any atom is 0.223 e. The van der Waals surface area contributed by atoms with Crippen molar-refractivity contribution in [1.29, 1.82) is 0 Å². The largest absolute Gasteiger partial charge is 0.389 e. The van der Waals surface area contributed by atoms with Gasteiger partial charge in [0.25, 0.3) is 0 Å². The zero-order valence-corrected chi connectivity index (χ0v) is 13.8. The Hall–Kier alpha value is -1.61. The van der Waals surface area contributed by atoms with Crippen LogP contribution in [0.15, 0.2) is 43.0 Å². The number of carbonyl (C=O) groups is 1. The summed E-state index contributed by atoms with van der Waals surface area (Å²) in [6.07, 6.45) is 7.31. The molecule has 1 amide bonds. The van der Waals surface area contributed by atoms with Gasteiger partial charge in [0.05, 0.1) is 5.60 Å². The summed E-state index contributed by atoms with van der Waals surface area (Å²) in [5, 5.41) is 10.7. The maximum absolute atomic E-state index is 12.7. The third-order valence-electron chi connectivity index (χ3n) is 5.69. The number of fused-ring (bicyclic) bond motifs is 1. The van der Waals surface area contributed by atoms with Crippen LogP contribution >= 0.6 is 0 Å². The topological polar surface area (TPSA) is 40.5 Å². The molecule has 3 atom stereocenters. The molecule has 0 bridgehead atoms. The number of carbonyl (C=O) groups excluding carboxylic acids is 1. The summed E-state index contributed by atoms with van der Waals surface area (Å²) in [4.78, 5) is 14.7. The minimum Gasteiger partial charge on any atom is -0.389 e. The Morgan fingerprint density at radius 3 is 2.87 bits per heavy atom. The van der Waals surface area contributed by atoms with Crippen LogP contribution in [0.1, 0.15) is 50.0 Å². The van der Waals surface area contributed by atoms with Crippen molar-refractivity contribution in [1.82, 2.24) is 4.90 Å². The Morgan fingerprint density at radius 2 is 2.13 bits per heavy atom. The lowest BCUT2D eigenvalue weighted by Crippen LogP contribution is -2.54. The van der Waals surface area contributed by atoms with E-state index in [9.17, 15) is 9.90 Å². The zero-order chi connectivity index (χ0) is 16.3. The Bertz CT molecular complexity index is 556. The first kappa shape index (κ1) is 16.3. The van der Waals surface area contributed by atoms with Gasteiger partial charge in [0.1, 0.15) is 0 Å². The second kappa shape index (κ2) is 6.88. The van der Waals surface area contributed by atoms with Crippen LogP contribution in [0.25, 0.3) is 0 Å². The summed E-state index contributed by atoms with van der Waals surface area (Å²) in [7, 11) is 0. The number of hydrogen-bond donors (Lipinski definition) is 1. The molecule has 1 aliphatic carbocycles. The summed E-state index contributed by atoms with van der Waals surface area (Å²) < 4.78 is 0. The Kier molecular flexibility index (Phi) is 4.86. The highest BCUT2D eigenvalue weighted by Gasteiger charge is 2.43. The second-order valence-electron chi connectivity index (χ2n) is 7.09. The van der Waals surface area contributed by atoms with Crippen molar-refractivity contribution in [3.63, 3.8) is 0 Å². The van der Waals surface area contributed by atoms with Crippen LogP contribution in [0.2, 0.25) is 0 Å². The molecule has 2 fully saturated rings. The van der Waals surface area contributed by atoms with Crippen molar-refractivity contribution in [3.05, 3.63) is 48.6 Å². The smallest absolute Gasteiger partial charge is 0.223 e. The van der Waals surface area contributed by atoms with Crippen LogP contribution in [-0.2, 0) is 4.79 Å². The Morgan fingerprint density at radius 1 is 1.35 bits per heavy atom. The number of likely N-dealkylation sites (tertiary alicyclic amines) is 1. The monoisotopic (exact) mass is 313 g/mol. The molecule has 3 nitrogen and oxygen atoms in total. The van der Waals surface area contributed by atoms with Gasteiger partial charge in [-0.15, -0.1) is 6.58 Å². The lowest BCUT2D eigenvalue weighted by atomic mass is 9.71. The lowest BCUT2D eigenvalue weighted by Gasteiger charge is -2.47. The molecule has 1 N–H and O–H groups in total. The minimum atomic E-state index is -0.522. The fraction of sp³-hybridized carbons (Fsp3) is 0.550. The summed E-state index contributed by atoms with van der Waals surface area (Å²) in [5.41, 5.74) is 0.619. The molecule has 2 aliphatic rings. The van der Waals surface area contributed by atoms with E-state index in [0.29, 0.717) is 19.5 Å². The van der Waals surface area contributed by atoms with Crippen molar-refractivity contribution in [2.45, 2.75) is 50.0 Å². The third kappa shape index (κ3) is 3.50. The van der Waals surface area contributed by atoms with E-state index in [1.54, 1.807) is 0 Å². The molecular formula is C20H27NO2. The van der Waals surface area contributed by atoms with Crippen molar-refractivity contribution in [3.8, 4) is 0 Å². The predicted molar refractivity (Wildman–Crippen MR) is 92.1 cm³/mol. The highest BCUT2D eigenvalue weighted by atomic mass is 16.3. The van der Waals surface area contributed by atoms with Crippen LogP contribution in [0.5, 0.6) is 0 Å². The molecule has 124 valence electrons. The SMILES string of the molecule is C=CC(CC(=O)N1CCC2(O)CCCCC2C1)c1ccccc1. The van der Waals surface area contributed by atoms with Gasteiger partial charge in [-0.25, -0.2) is 0 Å². The van der Waals surface area contributed by atoms with E-state index >= 15 is 0 Å². The summed E-state index contributed by atoms with van der Waals surface area (Å²) in [6, 6.07) is 10.1. The Balaban J connectivity index is 1.63. The fourth-order valence-electron chi connectivity index (χ4n) is 4.15. The second-order valence-corrected chi connectivity index (χ2v) is 7.09. The molecule has 0 aromatic heterocycles. The number of amides is 1. The van der Waals surface area contributed by atoms with E-state index in [4.69, 9.17) is 0 Å². The normalized spacial score (nSPS) is 28.7. The number of allylic oxidation sites excluding steroid dienone is 1. The van der Waals surface area contributed by atoms with Gasteiger partial charge in [-0.3, -0.25) is 4.79 Å². The van der Waals surface area contributed by atoms with E-state index in [1.807, 2.05) is 29.2 Å². The van der Waals surface area contributed by atoms with Gasteiger partial charge >= 0.3 is 0 Å². The fourth-order valence-corrected chi connectivity index (χ4v) is 4.15. The predicted octanol–water partition coefficient (Wildman–Crippen LogP) is 3.50. The molecule has 1 aromatic carbocycles. The van der Waals surface area contributed by atoms with Crippen LogP contribution < -0.4 is 0 Å². The van der Waals surface area contributed by atoms with Gasteiger partial charge in [0.15, 0.2) is 0 Å². The van der Waals surface area contributed by atoms with Crippen LogP contribution in [0.4, 0.5) is 0 Å². The van der Waals surface area contributed by atoms with Gasteiger partial charge in [-0.05, 0) is 24.8 Å². The molecule has 23 heavy (non-hydrogen) atoms. The molecule has 3 heteroatoms. The summed E-state index contributed by atoms with van der Waals surface area (Å²) >= 11 is 0. The van der Waals surface area contributed by atoms with Gasteiger partial charge in [-0.2, -0.15) is 0 Å². The maximum atomic E-state index is 12.7. The first-order valence-corrected chi connectivity index (χ1v) is 8.80. The molecule has 0 spiro atoms. The molecule has 1 aromatic rings. The molecule has 3 rings (SSSR count). The lowest BCUT2D eigenvalue weighted by molar-refractivity contribution is -0.143. The number of piperidine rings is 1.